The summed E-state index contributed by atoms with van der Waals surface area (Å²) in [6.07, 6.45) is 0. The van der Waals surface area contributed by atoms with Gasteiger partial charge in [0, 0.05) is 17.0 Å². The second-order valence-electron chi connectivity index (χ2n) is 4.53. The highest BCUT2D eigenvalue weighted by atomic mass is 32.2. The molecule has 2 aromatic carbocycles. The smallest absolute Gasteiger partial charge is 0.271 e. The molecule has 0 fully saturated rings. The zero-order chi connectivity index (χ0) is 14.4. The normalized spacial score (nSPS) is 12.4. The number of nitrogens with zero attached hydrogens (tertiary/aromatic N) is 3. The Morgan fingerprint density at radius 3 is 2.81 bits per heavy atom. The molecule has 4 rings (SSSR count). The number of aromatic nitrogens is 2. The van der Waals surface area contributed by atoms with Crippen molar-refractivity contribution in [1.82, 2.24) is 9.97 Å². The average Bonchev–Trinajstić information content (AvgIpc) is 2.50. The van der Waals surface area contributed by atoms with E-state index < -0.39 is 4.92 Å². The molecular formula is C14H8N4O2S. The van der Waals surface area contributed by atoms with Crippen molar-refractivity contribution in [1.29, 1.82) is 0 Å². The molecule has 1 aliphatic heterocycles. The summed E-state index contributed by atoms with van der Waals surface area (Å²) in [7, 11) is 0. The van der Waals surface area contributed by atoms with Crippen LogP contribution in [0.2, 0.25) is 0 Å². The number of anilines is 2. The van der Waals surface area contributed by atoms with Gasteiger partial charge in [-0.25, -0.2) is 9.97 Å². The molecule has 0 spiro atoms. The zero-order valence-electron chi connectivity index (χ0n) is 10.6. The van der Waals surface area contributed by atoms with Crippen LogP contribution in [0.1, 0.15) is 0 Å². The summed E-state index contributed by atoms with van der Waals surface area (Å²) in [5, 5.41) is 14.8. The summed E-state index contributed by atoms with van der Waals surface area (Å²) < 4.78 is 0. The van der Waals surface area contributed by atoms with Crippen LogP contribution in [0.4, 0.5) is 17.2 Å². The summed E-state index contributed by atoms with van der Waals surface area (Å²) in [4.78, 5) is 20.5. The van der Waals surface area contributed by atoms with Gasteiger partial charge in [0.05, 0.1) is 21.6 Å². The van der Waals surface area contributed by atoms with Crippen LogP contribution >= 0.6 is 11.8 Å². The van der Waals surface area contributed by atoms with E-state index in [1.807, 2.05) is 24.3 Å². The summed E-state index contributed by atoms with van der Waals surface area (Å²) in [6.45, 7) is 0. The lowest BCUT2D eigenvalue weighted by Gasteiger charge is -2.19. The predicted octanol–water partition coefficient (Wildman–Crippen LogP) is 3.75. The van der Waals surface area contributed by atoms with E-state index in [1.54, 1.807) is 6.07 Å². The van der Waals surface area contributed by atoms with Crippen LogP contribution in [-0.2, 0) is 0 Å². The number of non-ortho nitro benzene ring substituents is 1. The average molecular weight is 296 g/mol. The minimum Gasteiger partial charge on any atom is -0.337 e. The van der Waals surface area contributed by atoms with Crippen LogP contribution in [0.15, 0.2) is 52.4 Å². The maximum absolute atomic E-state index is 10.8. The lowest BCUT2D eigenvalue weighted by atomic mass is 10.2. The number of hydrogen-bond donors (Lipinski definition) is 1. The topological polar surface area (TPSA) is 81.0 Å². The Bertz CT molecular complexity index is 897. The second kappa shape index (κ2) is 4.42. The highest BCUT2D eigenvalue weighted by Gasteiger charge is 2.19. The number of fused-ring (bicyclic) bond motifs is 3. The van der Waals surface area contributed by atoms with Crippen LogP contribution < -0.4 is 5.32 Å². The lowest BCUT2D eigenvalue weighted by molar-refractivity contribution is -0.384. The van der Waals surface area contributed by atoms with Crippen molar-refractivity contribution in [3.05, 3.63) is 52.6 Å². The maximum Gasteiger partial charge on any atom is 0.271 e. The first-order chi connectivity index (χ1) is 10.2. The quantitative estimate of drug-likeness (QED) is 0.425. The molecule has 0 aliphatic carbocycles. The molecule has 1 aromatic heterocycles. The summed E-state index contributed by atoms with van der Waals surface area (Å²) in [6, 6.07) is 12.4. The minimum atomic E-state index is -0.432. The molecule has 0 atom stereocenters. The first-order valence-electron chi connectivity index (χ1n) is 6.21. The van der Waals surface area contributed by atoms with E-state index in [4.69, 9.17) is 0 Å². The Balaban J connectivity index is 1.87. The number of rotatable bonds is 1. The standard InChI is InChI=1S/C14H8N4O2S/c19-18(20)8-5-6-9-11(7-8)16-13-14(17-9)21-12-4-2-1-3-10(12)15-13/h1-7H,(H,15,16). The van der Waals surface area contributed by atoms with Crippen molar-refractivity contribution in [2.24, 2.45) is 0 Å². The van der Waals surface area contributed by atoms with Crippen molar-refractivity contribution in [3.8, 4) is 0 Å². The second-order valence-corrected chi connectivity index (χ2v) is 5.56. The van der Waals surface area contributed by atoms with E-state index in [-0.39, 0.29) is 5.69 Å². The van der Waals surface area contributed by atoms with Crippen molar-refractivity contribution < 1.29 is 4.92 Å². The number of nitro groups is 1. The first-order valence-corrected chi connectivity index (χ1v) is 7.02. The Morgan fingerprint density at radius 2 is 1.95 bits per heavy atom. The summed E-state index contributed by atoms with van der Waals surface area (Å²) >= 11 is 1.54. The van der Waals surface area contributed by atoms with Crippen LogP contribution in [0.25, 0.3) is 11.0 Å². The molecule has 2 heterocycles. The predicted molar refractivity (Wildman–Crippen MR) is 80.0 cm³/mol. The van der Waals surface area contributed by atoms with E-state index >= 15 is 0 Å². The van der Waals surface area contributed by atoms with Gasteiger partial charge in [-0.3, -0.25) is 10.1 Å². The van der Waals surface area contributed by atoms with Gasteiger partial charge in [-0.05, 0) is 18.2 Å². The van der Waals surface area contributed by atoms with Crippen molar-refractivity contribution in [3.63, 3.8) is 0 Å². The van der Waals surface area contributed by atoms with Gasteiger partial charge in [-0.15, -0.1) is 0 Å². The molecule has 0 saturated carbocycles. The summed E-state index contributed by atoms with van der Waals surface area (Å²) in [5.41, 5.74) is 2.14. The molecule has 1 aliphatic rings. The Hall–Kier alpha value is -2.67. The monoisotopic (exact) mass is 296 g/mol. The molecule has 0 radical (unpaired) electrons. The molecule has 102 valence electrons. The number of nitrogens with one attached hydrogen (secondary N) is 1. The molecule has 0 bridgehead atoms. The highest BCUT2D eigenvalue weighted by molar-refractivity contribution is 7.99. The first kappa shape index (κ1) is 12.1. The maximum atomic E-state index is 10.8. The number of para-hydroxylation sites is 1. The van der Waals surface area contributed by atoms with Gasteiger partial charge in [-0.1, -0.05) is 23.9 Å². The Morgan fingerprint density at radius 1 is 1.10 bits per heavy atom. The van der Waals surface area contributed by atoms with Crippen LogP contribution in [0, 0.1) is 10.1 Å². The molecule has 0 unspecified atom stereocenters. The number of hydrogen-bond acceptors (Lipinski definition) is 6. The largest absolute Gasteiger partial charge is 0.337 e. The molecule has 7 heteroatoms. The van der Waals surface area contributed by atoms with E-state index in [1.165, 1.54) is 23.9 Å². The third kappa shape index (κ3) is 1.98. The molecule has 21 heavy (non-hydrogen) atoms. The van der Waals surface area contributed by atoms with Gasteiger partial charge in [-0.2, -0.15) is 0 Å². The van der Waals surface area contributed by atoms with Gasteiger partial charge < -0.3 is 5.32 Å². The lowest BCUT2D eigenvalue weighted by Crippen LogP contribution is -2.04. The van der Waals surface area contributed by atoms with Gasteiger partial charge in [0.1, 0.15) is 5.03 Å². The Labute approximate surface area is 123 Å². The van der Waals surface area contributed by atoms with Gasteiger partial charge in [0.2, 0.25) is 0 Å². The SMILES string of the molecule is O=[N+]([O-])c1ccc2nc3c(nc2c1)Nc1ccccc1S3. The zero-order valence-corrected chi connectivity index (χ0v) is 11.4. The van der Waals surface area contributed by atoms with Gasteiger partial charge in [0.25, 0.3) is 5.69 Å². The van der Waals surface area contributed by atoms with E-state index in [2.05, 4.69) is 15.3 Å². The number of nitro benzene ring substituents is 1. The molecule has 0 amide bonds. The third-order valence-electron chi connectivity index (χ3n) is 3.17. The van der Waals surface area contributed by atoms with E-state index in [0.29, 0.717) is 16.9 Å². The fourth-order valence-corrected chi connectivity index (χ4v) is 3.10. The van der Waals surface area contributed by atoms with Crippen LogP contribution in [-0.4, -0.2) is 14.9 Å². The van der Waals surface area contributed by atoms with E-state index in [0.717, 1.165) is 15.6 Å². The van der Waals surface area contributed by atoms with Crippen molar-refractivity contribution in [2.45, 2.75) is 9.92 Å². The highest BCUT2D eigenvalue weighted by Crippen LogP contribution is 2.42. The van der Waals surface area contributed by atoms with Gasteiger partial charge in [0.15, 0.2) is 5.82 Å². The van der Waals surface area contributed by atoms with E-state index in [9.17, 15) is 10.1 Å². The molecule has 3 aromatic rings. The van der Waals surface area contributed by atoms with Crippen LogP contribution in [0.5, 0.6) is 0 Å². The molecule has 0 saturated heterocycles. The minimum absolute atomic E-state index is 0.0145. The molecule has 6 nitrogen and oxygen atoms in total. The molecular weight excluding hydrogens is 288 g/mol. The fourth-order valence-electron chi connectivity index (χ4n) is 2.18. The fraction of sp³-hybridized carbons (Fsp3) is 0. The van der Waals surface area contributed by atoms with Gasteiger partial charge >= 0.3 is 0 Å². The Kier molecular flexibility index (Phi) is 2.55. The number of benzene rings is 2. The molecule has 1 N–H and O–H groups in total. The third-order valence-corrected chi connectivity index (χ3v) is 4.23. The van der Waals surface area contributed by atoms with Crippen molar-refractivity contribution in [2.75, 3.05) is 5.32 Å². The van der Waals surface area contributed by atoms with Crippen molar-refractivity contribution >= 4 is 40.0 Å². The summed E-state index contributed by atoms with van der Waals surface area (Å²) in [5.74, 6) is 0.631. The van der Waals surface area contributed by atoms with Crippen LogP contribution in [0.3, 0.4) is 0 Å².